The summed E-state index contributed by atoms with van der Waals surface area (Å²) in [6.45, 7) is 2.31. The third-order valence-electron chi connectivity index (χ3n) is 5.56. The van der Waals surface area contributed by atoms with Gasteiger partial charge in [0.15, 0.2) is 5.54 Å². The van der Waals surface area contributed by atoms with Gasteiger partial charge in [-0.2, -0.15) is 0 Å². The van der Waals surface area contributed by atoms with Crippen LogP contribution in [0.2, 0.25) is 5.02 Å². The number of urea groups is 1. The molecule has 3 heterocycles. The van der Waals surface area contributed by atoms with Crippen LogP contribution in [0.1, 0.15) is 18.2 Å². The van der Waals surface area contributed by atoms with E-state index < -0.39 is 5.54 Å². The number of aromatic amines is 1. The lowest BCUT2D eigenvalue weighted by molar-refractivity contribution is -0.125. The van der Waals surface area contributed by atoms with E-state index in [2.05, 4.69) is 11.1 Å². The molecule has 1 fully saturated rings. The van der Waals surface area contributed by atoms with Gasteiger partial charge in [-0.25, -0.2) is 9.69 Å². The number of fused-ring (bicyclic) bond motifs is 5. The molecule has 3 amide bonds. The first-order valence-electron chi connectivity index (χ1n) is 8.54. The standard InChI is InChI=1S/C20H16ClN3O2/c1-20-17-13(12-6-2-4-8-15(12)22-17)10-11-23(20)19(26)24(18(20)25)16-9-5-3-7-14(16)21/h2-9,22H,10-11H2,1H3/t20-/m0/s1. The predicted octanol–water partition coefficient (Wildman–Crippen LogP) is 4.06. The van der Waals surface area contributed by atoms with E-state index >= 15 is 0 Å². The number of hydrogen-bond donors (Lipinski definition) is 1. The quantitative estimate of drug-likeness (QED) is 0.661. The summed E-state index contributed by atoms with van der Waals surface area (Å²) < 4.78 is 0. The first-order valence-corrected chi connectivity index (χ1v) is 8.92. The Kier molecular flexibility index (Phi) is 3.04. The molecule has 2 aromatic carbocycles. The molecule has 130 valence electrons. The van der Waals surface area contributed by atoms with Gasteiger partial charge in [-0.05, 0) is 37.1 Å². The second-order valence-corrected chi connectivity index (χ2v) is 7.28. The summed E-state index contributed by atoms with van der Waals surface area (Å²) >= 11 is 6.27. The molecule has 0 radical (unpaired) electrons. The Balaban J connectivity index is 1.72. The maximum absolute atomic E-state index is 13.4. The van der Waals surface area contributed by atoms with Crippen molar-refractivity contribution in [2.75, 3.05) is 11.4 Å². The number of aromatic nitrogens is 1. The summed E-state index contributed by atoms with van der Waals surface area (Å²) in [6.07, 6.45) is 0.713. The number of anilines is 1. The Hall–Kier alpha value is -2.79. The third kappa shape index (κ3) is 1.76. The Morgan fingerprint density at radius 3 is 2.62 bits per heavy atom. The molecular weight excluding hydrogens is 350 g/mol. The van der Waals surface area contributed by atoms with Gasteiger partial charge >= 0.3 is 6.03 Å². The smallest absolute Gasteiger partial charge is 0.332 e. The Labute approximate surface area is 155 Å². The topological polar surface area (TPSA) is 56.4 Å². The molecule has 5 rings (SSSR count). The molecule has 0 saturated carbocycles. The van der Waals surface area contributed by atoms with Crippen LogP contribution in [0.4, 0.5) is 10.5 Å². The van der Waals surface area contributed by atoms with E-state index in [0.29, 0.717) is 23.7 Å². The van der Waals surface area contributed by atoms with E-state index in [9.17, 15) is 9.59 Å². The number of para-hydroxylation sites is 2. The molecule has 0 unspecified atom stereocenters. The van der Waals surface area contributed by atoms with Crippen LogP contribution in [0.5, 0.6) is 0 Å². The molecule has 0 aliphatic carbocycles. The van der Waals surface area contributed by atoms with Gasteiger partial charge in [-0.3, -0.25) is 4.79 Å². The van der Waals surface area contributed by atoms with E-state index in [4.69, 9.17) is 11.6 Å². The summed E-state index contributed by atoms with van der Waals surface area (Å²) in [5.74, 6) is -0.275. The van der Waals surface area contributed by atoms with E-state index in [1.807, 2.05) is 25.1 Å². The molecule has 2 aliphatic rings. The fourth-order valence-corrected chi connectivity index (χ4v) is 4.46. The SMILES string of the molecule is C[C@]12C(=O)N(c3ccccc3Cl)C(=O)N1CCc1c2[nH]c2ccccc12. The zero-order valence-electron chi connectivity index (χ0n) is 14.1. The third-order valence-corrected chi connectivity index (χ3v) is 5.88. The molecule has 1 saturated heterocycles. The molecule has 5 nitrogen and oxygen atoms in total. The number of nitrogens with zero attached hydrogens (tertiary/aromatic N) is 2. The number of halogens is 1. The molecule has 6 heteroatoms. The van der Waals surface area contributed by atoms with Gasteiger partial charge in [-0.1, -0.05) is 41.9 Å². The molecule has 1 aromatic heterocycles. The van der Waals surface area contributed by atoms with Crippen molar-refractivity contribution in [3.63, 3.8) is 0 Å². The van der Waals surface area contributed by atoms with E-state index in [-0.39, 0.29) is 11.9 Å². The summed E-state index contributed by atoms with van der Waals surface area (Å²) in [4.78, 5) is 32.8. The molecule has 1 N–H and O–H groups in total. The molecule has 0 spiro atoms. The minimum Gasteiger partial charge on any atom is -0.356 e. The summed E-state index contributed by atoms with van der Waals surface area (Å²) in [7, 11) is 0. The highest BCUT2D eigenvalue weighted by atomic mass is 35.5. The van der Waals surface area contributed by atoms with Crippen LogP contribution in [0, 0.1) is 0 Å². The number of H-pyrrole nitrogens is 1. The van der Waals surface area contributed by atoms with Gasteiger partial charge < -0.3 is 9.88 Å². The highest BCUT2D eigenvalue weighted by Crippen LogP contribution is 2.46. The Morgan fingerprint density at radius 1 is 1.08 bits per heavy atom. The number of nitrogens with one attached hydrogen (secondary N) is 1. The highest BCUT2D eigenvalue weighted by Gasteiger charge is 2.59. The van der Waals surface area contributed by atoms with Crippen LogP contribution in [-0.4, -0.2) is 28.4 Å². The summed E-state index contributed by atoms with van der Waals surface area (Å²) in [5, 5.41) is 1.49. The molecule has 0 bridgehead atoms. The lowest BCUT2D eigenvalue weighted by atomic mass is 9.87. The minimum atomic E-state index is -1.05. The molecule has 2 aliphatic heterocycles. The average molecular weight is 366 g/mol. The first kappa shape index (κ1) is 15.5. The molecule has 26 heavy (non-hydrogen) atoms. The van der Waals surface area contributed by atoms with Crippen molar-refractivity contribution in [1.82, 2.24) is 9.88 Å². The second-order valence-electron chi connectivity index (χ2n) is 6.87. The van der Waals surface area contributed by atoms with Gasteiger partial charge in [-0.15, -0.1) is 0 Å². The van der Waals surface area contributed by atoms with Crippen LogP contribution in [0.25, 0.3) is 10.9 Å². The molecule has 1 atom stereocenters. The zero-order valence-corrected chi connectivity index (χ0v) is 14.9. The number of rotatable bonds is 1. The number of hydrogen-bond acceptors (Lipinski definition) is 2. The van der Waals surface area contributed by atoms with Crippen molar-refractivity contribution in [2.24, 2.45) is 0 Å². The maximum Gasteiger partial charge on any atom is 0.332 e. The van der Waals surface area contributed by atoms with Crippen molar-refractivity contribution >= 4 is 40.1 Å². The van der Waals surface area contributed by atoms with Crippen LogP contribution in [0.15, 0.2) is 48.5 Å². The van der Waals surface area contributed by atoms with Crippen LogP contribution in [0.3, 0.4) is 0 Å². The van der Waals surface area contributed by atoms with Crippen molar-refractivity contribution in [3.05, 3.63) is 64.8 Å². The number of benzene rings is 2. The van der Waals surface area contributed by atoms with Gasteiger partial charge in [0.2, 0.25) is 0 Å². The largest absolute Gasteiger partial charge is 0.356 e. The Bertz CT molecular complexity index is 1090. The Morgan fingerprint density at radius 2 is 1.81 bits per heavy atom. The van der Waals surface area contributed by atoms with Crippen LogP contribution in [-0.2, 0) is 16.8 Å². The summed E-state index contributed by atoms with van der Waals surface area (Å²) in [6, 6.07) is 14.6. The lowest BCUT2D eigenvalue weighted by Crippen LogP contribution is -2.49. The van der Waals surface area contributed by atoms with Gasteiger partial charge in [0.05, 0.1) is 16.4 Å². The van der Waals surface area contributed by atoms with Crippen molar-refractivity contribution in [3.8, 4) is 0 Å². The first-order chi connectivity index (χ1) is 12.5. The average Bonchev–Trinajstić information content (AvgIpc) is 3.11. The van der Waals surface area contributed by atoms with E-state index in [1.165, 1.54) is 4.90 Å². The number of carbonyl (C=O) groups excluding carboxylic acids is 2. The zero-order chi connectivity index (χ0) is 18.1. The molecular formula is C20H16ClN3O2. The highest BCUT2D eigenvalue weighted by molar-refractivity contribution is 6.36. The van der Waals surface area contributed by atoms with Gasteiger partial charge in [0, 0.05) is 17.4 Å². The fourth-order valence-electron chi connectivity index (χ4n) is 4.24. The minimum absolute atomic E-state index is 0.275. The van der Waals surface area contributed by atoms with Gasteiger partial charge in [0.1, 0.15) is 0 Å². The predicted molar refractivity (Wildman–Crippen MR) is 100 cm³/mol. The van der Waals surface area contributed by atoms with Crippen molar-refractivity contribution < 1.29 is 9.59 Å². The number of imide groups is 1. The van der Waals surface area contributed by atoms with E-state index in [0.717, 1.165) is 22.2 Å². The number of carbonyl (C=O) groups is 2. The van der Waals surface area contributed by atoms with Crippen molar-refractivity contribution in [2.45, 2.75) is 18.9 Å². The van der Waals surface area contributed by atoms with Crippen LogP contribution >= 0.6 is 11.6 Å². The number of amides is 3. The fraction of sp³-hybridized carbons (Fsp3) is 0.200. The lowest BCUT2D eigenvalue weighted by Gasteiger charge is -2.35. The summed E-state index contributed by atoms with van der Waals surface area (Å²) in [5.41, 5.74) is 2.27. The molecule has 3 aromatic rings. The van der Waals surface area contributed by atoms with Crippen LogP contribution < -0.4 is 4.90 Å². The van der Waals surface area contributed by atoms with E-state index in [1.54, 1.807) is 29.2 Å². The maximum atomic E-state index is 13.4. The van der Waals surface area contributed by atoms with Gasteiger partial charge in [0.25, 0.3) is 5.91 Å². The second kappa shape index (κ2) is 5.11. The normalized spacial score (nSPS) is 22.1. The monoisotopic (exact) mass is 365 g/mol. The van der Waals surface area contributed by atoms with Crippen molar-refractivity contribution in [1.29, 1.82) is 0 Å².